The maximum Gasteiger partial charge on any atom is 0.303 e. The molecule has 0 amide bonds. The largest absolute Gasteiger partial charge is 0.481 e. The number of hydrogen-bond donors (Lipinski definition) is 1. The highest BCUT2D eigenvalue weighted by atomic mass is 79.9. The first-order chi connectivity index (χ1) is 7.59. The molecule has 0 bridgehead atoms. The Labute approximate surface area is 101 Å². The van der Waals surface area contributed by atoms with E-state index in [0.29, 0.717) is 6.42 Å². The highest BCUT2D eigenvalue weighted by Gasteiger charge is 2.11. The van der Waals surface area contributed by atoms with E-state index >= 15 is 0 Å². The topological polar surface area (TPSA) is 55.1 Å². The van der Waals surface area contributed by atoms with E-state index in [1.165, 1.54) is 0 Å². The number of carboxylic acids is 1. The summed E-state index contributed by atoms with van der Waals surface area (Å²) in [6.07, 6.45) is 0.664. The molecule has 0 aliphatic heterocycles. The Hall–Kier alpha value is -1.36. The minimum absolute atomic E-state index is 0.139. The fourth-order valence-corrected chi connectivity index (χ4v) is 2.48. The minimum Gasteiger partial charge on any atom is -0.481 e. The molecule has 0 unspecified atom stereocenters. The van der Waals surface area contributed by atoms with Crippen LogP contribution in [0, 0.1) is 0 Å². The fraction of sp³-hybridized carbons (Fsp3) is 0.273. The first kappa shape index (κ1) is 11.1. The van der Waals surface area contributed by atoms with E-state index in [1.807, 2.05) is 25.2 Å². The average molecular weight is 283 g/mol. The number of benzene rings is 1. The molecular formula is C11H11BrN2O2. The normalized spacial score (nSPS) is 10.9. The van der Waals surface area contributed by atoms with Gasteiger partial charge in [-0.05, 0) is 34.0 Å². The molecule has 1 heterocycles. The molecule has 0 spiro atoms. The van der Waals surface area contributed by atoms with E-state index in [0.717, 1.165) is 21.1 Å². The van der Waals surface area contributed by atoms with Gasteiger partial charge in [-0.15, -0.1) is 0 Å². The zero-order valence-electron chi connectivity index (χ0n) is 8.77. The third-order valence-corrected chi connectivity index (χ3v) is 3.08. The molecule has 4 nitrogen and oxygen atoms in total. The van der Waals surface area contributed by atoms with Gasteiger partial charge in [0.1, 0.15) is 4.60 Å². The summed E-state index contributed by atoms with van der Waals surface area (Å²) in [5.74, 6) is -0.781. The zero-order chi connectivity index (χ0) is 11.7. The van der Waals surface area contributed by atoms with Crippen LogP contribution in [0.3, 0.4) is 0 Å². The summed E-state index contributed by atoms with van der Waals surface area (Å²) >= 11 is 3.40. The lowest BCUT2D eigenvalue weighted by Gasteiger charge is -2.01. The minimum atomic E-state index is -0.781. The predicted octanol–water partition coefficient (Wildman–Crippen LogP) is 2.35. The van der Waals surface area contributed by atoms with Gasteiger partial charge in [-0.3, -0.25) is 9.48 Å². The summed E-state index contributed by atoms with van der Waals surface area (Å²) in [4.78, 5) is 10.6. The van der Waals surface area contributed by atoms with Crippen LogP contribution in [0.5, 0.6) is 0 Å². The number of carboxylic acid groups (broad SMARTS) is 1. The van der Waals surface area contributed by atoms with Gasteiger partial charge >= 0.3 is 5.97 Å². The Balaban J connectivity index is 2.48. The molecule has 2 aromatic rings. The number of aliphatic carboxylic acids is 1. The van der Waals surface area contributed by atoms with E-state index < -0.39 is 5.97 Å². The molecule has 0 aliphatic carbocycles. The number of rotatable bonds is 3. The molecule has 0 atom stereocenters. The summed E-state index contributed by atoms with van der Waals surface area (Å²) in [5, 5.41) is 14.0. The molecule has 1 aromatic heterocycles. The molecule has 16 heavy (non-hydrogen) atoms. The number of fused-ring (bicyclic) bond motifs is 1. The second-order valence-corrected chi connectivity index (χ2v) is 4.37. The van der Waals surface area contributed by atoms with Crippen LogP contribution in [0.4, 0.5) is 0 Å². The standard InChI is InChI=1S/C11H11BrN2O2/c1-14-8-4-2-3-7(5-6-9(15)16)10(8)11(12)13-14/h2-4H,5-6H2,1H3,(H,15,16). The smallest absolute Gasteiger partial charge is 0.303 e. The van der Waals surface area contributed by atoms with E-state index in [4.69, 9.17) is 5.11 Å². The van der Waals surface area contributed by atoms with Crippen LogP contribution in [-0.4, -0.2) is 20.9 Å². The van der Waals surface area contributed by atoms with Crippen LogP contribution in [-0.2, 0) is 18.3 Å². The van der Waals surface area contributed by atoms with Crippen molar-refractivity contribution in [3.8, 4) is 0 Å². The molecule has 0 fully saturated rings. The molecule has 2 rings (SSSR count). The molecule has 1 aromatic carbocycles. The number of carbonyl (C=O) groups is 1. The van der Waals surface area contributed by atoms with Crippen LogP contribution in [0.15, 0.2) is 22.8 Å². The third kappa shape index (κ3) is 1.95. The average Bonchev–Trinajstić information content (AvgIpc) is 2.52. The summed E-state index contributed by atoms with van der Waals surface area (Å²) in [6.45, 7) is 0. The van der Waals surface area contributed by atoms with Gasteiger partial charge < -0.3 is 5.11 Å². The highest BCUT2D eigenvalue weighted by molar-refractivity contribution is 9.10. The zero-order valence-corrected chi connectivity index (χ0v) is 10.4. The summed E-state index contributed by atoms with van der Waals surface area (Å²) in [5.41, 5.74) is 2.02. The first-order valence-corrected chi connectivity index (χ1v) is 5.71. The summed E-state index contributed by atoms with van der Waals surface area (Å²) < 4.78 is 2.55. The van der Waals surface area contributed by atoms with Crippen LogP contribution < -0.4 is 0 Å². The van der Waals surface area contributed by atoms with E-state index in [9.17, 15) is 4.79 Å². The number of nitrogens with zero attached hydrogens (tertiary/aromatic N) is 2. The molecule has 1 N–H and O–H groups in total. The van der Waals surface area contributed by atoms with Crippen molar-refractivity contribution in [2.75, 3.05) is 0 Å². The second-order valence-electron chi connectivity index (χ2n) is 3.62. The predicted molar refractivity (Wildman–Crippen MR) is 64.4 cm³/mol. The molecule has 5 heteroatoms. The van der Waals surface area contributed by atoms with Gasteiger partial charge in [0.2, 0.25) is 0 Å². The fourth-order valence-electron chi connectivity index (χ4n) is 1.78. The van der Waals surface area contributed by atoms with E-state index in [2.05, 4.69) is 21.0 Å². The molecule has 0 aliphatic rings. The SMILES string of the molecule is Cn1nc(Br)c2c(CCC(=O)O)cccc21. The van der Waals surface area contributed by atoms with Crippen molar-refractivity contribution in [3.05, 3.63) is 28.4 Å². The Morgan fingerprint density at radius 3 is 3.00 bits per heavy atom. The van der Waals surface area contributed by atoms with Crippen LogP contribution >= 0.6 is 15.9 Å². The monoisotopic (exact) mass is 282 g/mol. The van der Waals surface area contributed by atoms with Crippen molar-refractivity contribution in [1.82, 2.24) is 9.78 Å². The maximum absolute atomic E-state index is 10.6. The van der Waals surface area contributed by atoms with Gasteiger partial charge in [0.25, 0.3) is 0 Å². The number of aromatic nitrogens is 2. The van der Waals surface area contributed by atoms with Crippen molar-refractivity contribution in [1.29, 1.82) is 0 Å². The van der Waals surface area contributed by atoms with Gasteiger partial charge in [0.05, 0.1) is 5.52 Å². The lowest BCUT2D eigenvalue weighted by molar-refractivity contribution is -0.136. The maximum atomic E-state index is 10.6. The molecular weight excluding hydrogens is 272 g/mol. The molecule has 0 saturated carbocycles. The Bertz CT molecular complexity index is 548. The van der Waals surface area contributed by atoms with Crippen LogP contribution in [0.2, 0.25) is 0 Å². The van der Waals surface area contributed by atoms with Crippen molar-refractivity contribution in [3.63, 3.8) is 0 Å². The Morgan fingerprint density at radius 2 is 2.31 bits per heavy atom. The molecule has 84 valence electrons. The lowest BCUT2D eigenvalue weighted by Crippen LogP contribution is -1.98. The highest BCUT2D eigenvalue weighted by Crippen LogP contribution is 2.27. The summed E-state index contributed by atoms with van der Waals surface area (Å²) in [6, 6.07) is 5.84. The van der Waals surface area contributed by atoms with Gasteiger partial charge in [-0.1, -0.05) is 12.1 Å². The van der Waals surface area contributed by atoms with Crippen LogP contribution in [0.1, 0.15) is 12.0 Å². The van der Waals surface area contributed by atoms with Gasteiger partial charge in [-0.2, -0.15) is 5.10 Å². The first-order valence-electron chi connectivity index (χ1n) is 4.91. The Kier molecular flexibility index (Phi) is 2.96. The Morgan fingerprint density at radius 1 is 1.56 bits per heavy atom. The molecule has 0 saturated heterocycles. The van der Waals surface area contributed by atoms with Gasteiger partial charge in [-0.25, -0.2) is 0 Å². The van der Waals surface area contributed by atoms with Gasteiger partial charge in [0, 0.05) is 18.9 Å². The van der Waals surface area contributed by atoms with Crippen LogP contribution in [0.25, 0.3) is 10.9 Å². The number of halogens is 1. The second kappa shape index (κ2) is 4.25. The van der Waals surface area contributed by atoms with Crippen molar-refractivity contribution < 1.29 is 9.90 Å². The summed E-state index contributed by atoms with van der Waals surface area (Å²) in [7, 11) is 1.87. The van der Waals surface area contributed by atoms with Gasteiger partial charge in [0.15, 0.2) is 0 Å². The third-order valence-electron chi connectivity index (χ3n) is 2.53. The number of aryl methyl sites for hydroxylation is 2. The lowest BCUT2D eigenvalue weighted by atomic mass is 10.1. The quantitative estimate of drug-likeness (QED) is 0.940. The van der Waals surface area contributed by atoms with Crippen molar-refractivity contribution >= 4 is 32.8 Å². The van der Waals surface area contributed by atoms with Crippen molar-refractivity contribution in [2.24, 2.45) is 7.05 Å². The van der Waals surface area contributed by atoms with Crippen molar-refractivity contribution in [2.45, 2.75) is 12.8 Å². The number of hydrogen-bond acceptors (Lipinski definition) is 2. The van der Waals surface area contributed by atoms with E-state index in [-0.39, 0.29) is 6.42 Å². The van der Waals surface area contributed by atoms with E-state index in [1.54, 1.807) is 4.68 Å². The molecule has 0 radical (unpaired) electrons.